The monoisotopic (exact) mass is 237 g/mol. The summed E-state index contributed by atoms with van der Waals surface area (Å²) in [6.45, 7) is -0.425. The minimum absolute atomic E-state index is 0.365. The number of urea groups is 1. The summed E-state index contributed by atoms with van der Waals surface area (Å²) < 4.78 is 0. The fourth-order valence-corrected chi connectivity index (χ4v) is 1.37. The van der Waals surface area contributed by atoms with E-state index in [9.17, 15) is 9.59 Å². The van der Waals surface area contributed by atoms with E-state index >= 15 is 0 Å². The van der Waals surface area contributed by atoms with Gasteiger partial charge in [-0.05, 0) is 12.1 Å². The number of carbonyl (C=O) groups excluding carboxylic acids is 1. The van der Waals surface area contributed by atoms with Crippen molar-refractivity contribution < 1.29 is 14.7 Å². The molecular formula is C11H15N3O3. The Bertz CT molecular complexity index is 432. The van der Waals surface area contributed by atoms with Crippen LogP contribution < -0.4 is 10.6 Å². The number of nitrogen functional groups attached to an aromatic ring is 1. The zero-order chi connectivity index (χ0) is 13.0. The van der Waals surface area contributed by atoms with Crippen molar-refractivity contribution in [2.24, 2.45) is 0 Å². The highest BCUT2D eigenvalue weighted by Crippen LogP contribution is 2.23. The third-order valence-corrected chi connectivity index (χ3v) is 2.13. The van der Waals surface area contributed by atoms with Crippen molar-refractivity contribution in [1.29, 1.82) is 0 Å². The first-order valence-corrected chi connectivity index (χ1v) is 4.98. The first-order chi connectivity index (χ1) is 7.93. The molecule has 17 heavy (non-hydrogen) atoms. The number of aliphatic carboxylic acids is 1. The van der Waals surface area contributed by atoms with Crippen LogP contribution in [0, 0.1) is 0 Å². The number of anilines is 2. The topological polar surface area (TPSA) is 86.9 Å². The molecule has 6 heteroatoms. The van der Waals surface area contributed by atoms with E-state index < -0.39 is 18.5 Å². The van der Waals surface area contributed by atoms with Gasteiger partial charge < -0.3 is 15.7 Å². The highest BCUT2D eigenvalue weighted by atomic mass is 16.4. The third kappa shape index (κ3) is 3.10. The molecule has 6 nitrogen and oxygen atoms in total. The lowest BCUT2D eigenvalue weighted by molar-refractivity contribution is -0.135. The van der Waals surface area contributed by atoms with Crippen LogP contribution in [0.3, 0.4) is 0 Å². The van der Waals surface area contributed by atoms with Gasteiger partial charge in [-0.3, -0.25) is 9.69 Å². The zero-order valence-corrected chi connectivity index (χ0v) is 9.75. The highest BCUT2D eigenvalue weighted by Gasteiger charge is 2.21. The largest absolute Gasteiger partial charge is 0.480 e. The number of nitrogens with two attached hydrogens (primary N) is 1. The van der Waals surface area contributed by atoms with Crippen LogP contribution >= 0.6 is 0 Å². The molecule has 0 fully saturated rings. The summed E-state index contributed by atoms with van der Waals surface area (Å²) in [6.07, 6.45) is 0. The molecule has 0 heterocycles. The maximum absolute atomic E-state index is 11.9. The Balaban J connectivity index is 3.11. The van der Waals surface area contributed by atoms with E-state index in [0.717, 1.165) is 4.90 Å². The molecule has 1 aromatic carbocycles. The van der Waals surface area contributed by atoms with E-state index in [2.05, 4.69) is 0 Å². The second-order valence-corrected chi connectivity index (χ2v) is 3.72. The predicted molar refractivity (Wildman–Crippen MR) is 64.9 cm³/mol. The van der Waals surface area contributed by atoms with Gasteiger partial charge in [0.2, 0.25) is 0 Å². The van der Waals surface area contributed by atoms with Gasteiger partial charge in [0.1, 0.15) is 6.54 Å². The molecule has 0 atom stereocenters. The number of rotatable bonds is 3. The Morgan fingerprint density at radius 1 is 1.29 bits per heavy atom. The van der Waals surface area contributed by atoms with Crippen molar-refractivity contribution in [2.45, 2.75) is 0 Å². The van der Waals surface area contributed by atoms with Gasteiger partial charge in [0.25, 0.3) is 0 Å². The Kier molecular flexibility index (Phi) is 3.92. The summed E-state index contributed by atoms with van der Waals surface area (Å²) >= 11 is 0. The molecule has 1 aromatic rings. The SMILES string of the molecule is CN(C)C(=O)N(CC(=O)O)c1ccccc1N. The molecule has 0 aliphatic carbocycles. The quantitative estimate of drug-likeness (QED) is 0.763. The average molecular weight is 237 g/mol. The predicted octanol–water partition coefficient (Wildman–Crippen LogP) is 0.841. The van der Waals surface area contributed by atoms with Crippen LogP contribution in [-0.4, -0.2) is 42.6 Å². The first-order valence-electron chi connectivity index (χ1n) is 4.98. The van der Waals surface area contributed by atoms with Crippen molar-refractivity contribution in [1.82, 2.24) is 4.90 Å². The van der Waals surface area contributed by atoms with Gasteiger partial charge >= 0.3 is 12.0 Å². The molecule has 2 amide bonds. The van der Waals surface area contributed by atoms with E-state index in [4.69, 9.17) is 10.8 Å². The standard InChI is InChI=1S/C11H15N3O3/c1-13(2)11(17)14(7-10(15)16)9-6-4-3-5-8(9)12/h3-6H,7,12H2,1-2H3,(H,15,16). The second-order valence-electron chi connectivity index (χ2n) is 3.72. The number of hydrogen-bond donors (Lipinski definition) is 2. The molecule has 0 aliphatic heterocycles. The van der Waals surface area contributed by atoms with Crippen molar-refractivity contribution in [3.63, 3.8) is 0 Å². The van der Waals surface area contributed by atoms with E-state index in [1.807, 2.05) is 0 Å². The van der Waals surface area contributed by atoms with Crippen molar-refractivity contribution in [3.05, 3.63) is 24.3 Å². The number of hydrogen-bond acceptors (Lipinski definition) is 3. The maximum Gasteiger partial charge on any atom is 0.324 e. The Hall–Kier alpha value is -2.24. The van der Waals surface area contributed by atoms with Crippen molar-refractivity contribution >= 4 is 23.4 Å². The Morgan fingerprint density at radius 3 is 2.35 bits per heavy atom. The van der Waals surface area contributed by atoms with Crippen LogP contribution in [0.5, 0.6) is 0 Å². The maximum atomic E-state index is 11.9. The van der Waals surface area contributed by atoms with Gasteiger partial charge in [-0.25, -0.2) is 4.79 Å². The summed E-state index contributed by atoms with van der Waals surface area (Å²) in [6, 6.07) is 6.22. The lowest BCUT2D eigenvalue weighted by Gasteiger charge is -2.25. The van der Waals surface area contributed by atoms with Gasteiger partial charge in [-0.1, -0.05) is 12.1 Å². The molecule has 0 bridgehead atoms. The van der Waals surface area contributed by atoms with E-state index in [1.165, 1.54) is 4.90 Å². The lowest BCUT2D eigenvalue weighted by atomic mass is 10.2. The summed E-state index contributed by atoms with van der Waals surface area (Å²) in [7, 11) is 3.10. The number of carboxylic acid groups (broad SMARTS) is 1. The van der Waals surface area contributed by atoms with Crippen molar-refractivity contribution in [3.8, 4) is 0 Å². The smallest absolute Gasteiger partial charge is 0.324 e. The molecule has 92 valence electrons. The molecule has 3 N–H and O–H groups in total. The summed E-state index contributed by atoms with van der Waals surface area (Å²) in [5.41, 5.74) is 6.49. The molecule has 0 aromatic heterocycles. The van der Waals surface area contributed by atoms with Crippen LogP contribution in [0.1, 0.15) is 0 Å². The van der Waals surface area contributed by atoms with Crippen LogP contribution in [0.15, 0.2) is 24.3 Å². The number of amides is 2. The van der Waals surface area contributed by atoms with Crippen LogP contribution in [0.25, 0.3) is 0 Å². The number of benzene rings is 1. The lowest BCUT2D eigenvalue weighted by Crippen LogP contribution is -2.42. The van der Waals surface area contributed by atoms with E-state index in [0.29, 0.717) is 11.4 Å². The first kappa shape index (κ1) is 12.8. The summed E-state index contributed by atoms with van der Waals surface area (Å²) in [4.78, 5) is 25.1. The minimum atomic E-state index is -1.09. The van der Waals surface area contributed by atoms with Gasteiger partial charge in [0.05, 0.1) is 11.4 Å². The molecule has 0 saturated carbocycles. The number of carbonyl (C=O) groups is 2. The normalized spacial score (nSPS) is 9.76. The molecule has 0 saturated heterocycles. The zero-order valence-electron chi connectivity index (χ0n) is 9.75. The van der Waals surface area contributed by atoms with E-state index in [-0.39, 0.29) is 0 Å². The van der Waals surface area contributed by atoms with Gasteiger partial charge in [-0.2, -0.15) is 0 Å². The summed E-state index contributed by atoms with van der Waals surface area (Å²) in [5, 5.41) is 8.81. The molecule has 0 aliphatic rings. The van der Waals surface area contributed by atoms with Crippen LogP contribution in [0.2, 0.25) is 0 Å². The van der Waals surface area contributed by atoms with Gasteiger partial charge in [-0.15, -0.1) is 0 Å². The molecule has 0 spiro atoms. The summed E-state index contributed by atoms with van der Waals surface area (Å²) in [5.74, 6) is -1.09. The highest BCUT2D eigenvalue weighted by molar-refractivity contribution is 5.98. The van der Waals surface area contributed by atoms with Gasteiger partial charge in [0, 0.05) is 14.1 Å². The number of nitrogens with zero attached hydrogens (tertiary/aromatic N) is 2. The second kappa shape index (κ2) is 5.20. The number of carboxylic acids is 1. The number of para-hydroxylation sites is 2. The molecular weight excluding hydrogens is 222 g/mol. The van der Waals surface area contributed by atoms with Crippen LogP contribution in [-0.2, 0) is 4.79 Å². The molecule has 1 rings (SSSR count). The van der Waals surface area contributed by atoms with Gasteiger partial charge in [0.15, 0.2) is 0 Å². The van der Waals surface area contributed by atoms with Crippen molar-refractivity contribution in [2.75, 3.05) is 31.3 Å². The molecule has 0 radical (unpaired) electrons. The minimum Gasteiger partial charge on any atom is -0.480 e. The fraction of sp³-hybridized carbons (Fsp3) is 0.273. The third-order valence-electron chi connectivity index (χ3n) is 2.13. The van der Waals surface area contributed by atoms with E-state index in [1.54, 1.807) is 38.4 Å². The van der Waals surface area contributed by atoms with Crippen LogP contribution in [0.4, 0.5) is 16.2 Å². The Labute approximate surface area is 99.2 Å². The fourth-order valence-electron chi connectivity index (χ4n) is 1.37. The molecule has 0 unspecified atom stereocenters. The Morgan fingerprint density at radius 2 is 1.88 bits per heavy atom. The average Bonchev–Trinajstić information content (AvgIpc) is 2.25.